The molecule has 3 atom stereocenters. The van der Waals surface area contributed by atoms with Crippen LogP contribution in [0.3, 0.4) is 0 Å². The quantitative estimate of drug-likeness (QED) is 0.795. The van der Waals surface area contributed by atoms with Crippen molar-refractivity contribution in [2.45, 2.75) is 37.6 Å². The van der Waals surface area contributed by atoms with Gasteiger partial charge in [0, 0.05) is 11.5 Å². The SMILES string of the molecule is O=C1NC23CC4CC(CC(C4)C2C(=O)c2ccccc21)C3. The first-order valence-electron chi connectivity index (χ1n) is 8.12. The number of Topliss-reactive ketones (excluding diaryl/α,β-unsaturated/α-hetero) is 1. The van der Waals surface area contributed by atoms with Crippen LogP contribution in [0.5, 0.6) is 0 Å². The third-order valence-electron chi connectivity index (χ3n) is 6.39. The molecule has 1 amide bonds. The predicted octanol–water partition coefficient (Wildman–Crippen LogP) is 2.81. The van der Waals surface area contributed by atoms with Crippen LogP contribution in [0.1, 0.15) is 52.8 Å². The molecule has 3 nitrogen and oxygen atoms in total. The van der Waals surface area contributed by atoms with Gasteiger partial charge in [0.1, 0.15) is 0 Å². The number of benzene rings is 1. The lowest BCUT2D eigenvalue weighted by atomic mass is 9.47. The molecule has 4 aliphatic carbocycles. The molecule has 0 saturated heterocycles. The van der Waals surface area contributed by atoms with Crippen LogP contribution in [0.4, 0.5) is 0 Å². The Labute approximate surface area is 124 Å². The number of carbonyl (C=O) groups is 2. The summed E-state index contributed by atoms with van der Waals surface area (Å²) in [6.07, 6.45) is 5.70. The monoisotopic (exact) mass is 281 g/mol. The maximum atomic E-state index is 13.2. The summed E-state index contributed by atoms with van der Waals surface area (Å²) in [6, 6.07) is 7.35. The Morgan fingerprint density at radius 1 is 0.952 bits per heavy atom. The molecule has 4 bridgehead atoms. The molecule has 1 aromatic rings. The topological polar surface area (TPSA) is 46.2 Å². The van der Waals surface area contributed by atoms with E-state index in [1.165, 1.54) is 19.3 Å². The summed E-state index contributed by atoms with van der Waals surface area (Å²) in [7, 11) is 0. The first-order chi connectivity index (χ1) is 10.2. The van der Waals surface area contributed by atoms with E-state index in [1.54, 1.807) is 6.07 Å². The molecule has 4 fully saturated rings. The van der Waals surface area contributed by atoms with Crippen LogP contribution in [0, 0.1) is 23.7 Å². The molecule has 3 heteroatoms. The van der Waals surface area contributed by atoms with Gasteiger partial charge in [-0.3, -0.25) is 9.59 Å². The van der Waals surface area contributed by atoms with Gasteiger partial charge in [-0.2, -0.15) is 0 Å². The highest BCUT2D eigenvalue weighted by Gasteiger charge is 2.61. The lowest BCUT2D eigenvalue weighted by Crippen LogP contribution is -2.66. The molecule has 0 aromatic heterocycles. The van der Waals surface area contributed by atoms with Crippen LogP contribution in [-0.4, -0.2) is 17.2 Å². The second kappa shape index (κ2) is 3.76. The van der Waals surface area contributed by atoms with Crippen LogP contribution in [-0.2, 0) is 0 Å². The number of hydrogen-bond donors (Lipinski definition) is 1. The smallest absolute Gasteiger partial charge is 0.252 e. The lowest BCUT2D eigenvalue weighted by molar-refractivity contribution is -0.0546. The molecule has 108 valence electrons. The highest BCUT2D eigenvalue weighted by Crippen LogP contribution is 2.59. The fraction of sp³-hybridized carbons (Fsp3) is 0.556. The number of amides is 1. The molecule has 3 unspecified atom stereocenters. The minimum Gasteiger partial charge on any atom is -0.346 e. The Balaban J connectivity index is 1.70. The fourth-order valence-corrected chi connectivity index (χ4v) is 6.04. The first kappa shape index (κ1) is 12.0. The van der Waals surface area contributed by atoms with Gasteiger partial charge in [0.15, 0.2) is 5.78 Å². The largest absolute Gasteiger partial charge is 0.346 e. The van der Waals surface area contributed by atoms with Crippen molar-refractivity contribution < 1.29 is 9.59 Å². The van der Waals surface area contributed by atoms with Crippen molar-refractivity contribution in [2.24, 2.45) is 23.7 Å². The zero-order chi connectivity index (χ0) is 14.2. The Kier molecular flexibility index (Phi) is 2.14. The second-order valence-electron chi connectivity index (χ2n) is 7.61. The third kappa shape index (κ3) is 1.44. The Morgan fingerprint density at radius 3 is 2.33 bits per heavy atom. The molecular weight excluding hydrogens is 262 g/mol. The lowest BCUT2D eigenvalue weighted by Gasteiger charge is -2.60. The standard InChI is InChI=1S/C18H19NO2/c20-16-13-3-1-2-4-14(13)17(21)19-18-8-10-5-11(9-18)7-12(6-10)15(16)18/h1-4,10-12,15H,5-9H2,(H,19,21). The zero-order valence-corrected chi connectivity index (χ0v) is 12.0. The minimum atomic E-state index is -0.248. The van der Waals surface area contributed by atoms with Crippen molar-refractivity contribution in [3.8, 4) is 0 Å². The Hall–Kier alpha value is -1.64. The first-order valence-corrected chi connectivity index (χ1v) is 8.12. The van der Waals surface area contributed by atoms with Gasteiger partial charge in [-0.25, -0.2) is 0 Å². The van der Waals surface area contributed by atoms with Crippen molar-refractivity contribution in [1.82, 2.24) is 5.32 Å². The number of nitrogens with one attached hydrogen (secondary N) is 1. The van der Waals surface area contributed by atoms with E-state index in [4.69, 9.17) is 0 Å². The van der Waals surface area contributed by atoms with Crippen LogP contribution < -0.4 is 5.32 Å². The molecule has 1 heterocycles. The minimum absolute atomic E-state index is 0.0119. The number of fused-ring (bicyclic) bond motifs is 1. The predicted molar refractivity (Wildman–Crippen MR) is 78.0 cm³/mol. The van der Waals surface area contributed by atoms with E-state index in [-0.39, 0.29) is 23.1 Å². The van der Waals surface area contributed by atoms with Crippen molar-refractivity contribution in [1.29, 1.82) is 0 Å². The Morgan fingerprint density at radius 2 is 1.62 bits per heavy atom. The van der Waals surface area contributed by atoms with Gasteiger partial charge >= 0.3 is 0 Å². The van der Waals surface area contributed by atoms with E-state index in [2.05, 4.69) is 5.32 Å². The normalized spacial score (nSPS) is 43.0. The van der Waals surface area contributed by atoms with E-state index in [9.17, 15) is 9.59 Å². The van der Waals surface area contributed by atoms with Crippen LogP contribution in [0.25, 0.3) is 0 Å². The van der Waals surface area contributed by atoms with Crippen molar-refractivity contribution >= 4 is 11.7 Å². The van der Waals surface area contributed by atoms with E-state index in [1.807, 2.05) is 18.2 Å². The molecule has 1 spiro atoms. The fourth-order valence-electron chi connectivity index (χ4n) is 6.04. The van der Waals surface area contributed by atoms with Gasteiger partial charge in [0.2, 0.25) is 0 Å². The van der Waals surface area contributed by atoms with E-state index >= 15 is 0 Å². The van der Waals surface area contributed by atoms with E-state index < -0.39 is 0 Å². The number of hydrogen-bond acceptors (Lipinski definition) is 2. The van der Waals surface area contributed by atoms with Crippen molar-refractivity contribution in [3.05, 3.63) is 35.4 Å². The molecule has 1 aromatic carbocycles. The number of ketones is 1. The van der Waals surface area contributed by atoms with E-state index in [0.29, 0.717) is 28.9 Å². The highest BCUT2D eigenvalue weighted by molar-refractivity contribution is 6.11. The summed E-state index contributed by atoms with van der Waals surface area (Å²) in [5.41, 5.74) is 0.969. The number of carbonyl (C=O) groups excluding carboxylic acids is 2. The average molecular weight is 281 g/mol. The summed E-state index contributed by atoms with van der Waals surface area (Å²) in [5, 5.41) is 3.31. The molecule has 21 heavy (non-hydrogen) atoms. The van der Waals surface area contributed by atoms with Gasteiger partial charge in [-0.05, 0) is 55.9 Å². The van der Waals surface area contributed by atoms with Gasteiger partial charge in [-0.15, -0.1) is 0 Å². The molecule has 4 saturated carbocycles. The molecule has 6 rings (SSSR count). The third-order valence-corrected chi connectivity index (χ3v) is 6.39. The van der Waals surface area contributed by atoms with Gasteiger partial charge in [-0.1, -0.05) is 18.2 Å². The molecular formula is C18H19NO2. The summed E-state index contributed by atoms with van der Waals surface area (Å²) in [5.74, 6) is 2.10. The molecule has 1 aliphatic heterocycles. The van der Waals surface area contributed by atoms with Crippen LogP contribution in [0.15, 0.2) is 24.3 Å². The summed E-state index contributed by atoms with van der Waals surface area (Å²) >= 11 is 0. The number of rotatable bonds is 0. The average Bonchev–Trinajstić information content (AvgIpc) is 2.53. The summed E-state index contributed by atoms with van der Waals surface area (Å²) < 4.78 is 0. The molecule has 0 radical (unpaired) electrons. The van der Waals surface area contributed by atoms with Crippen LogP contribution >= 0.6 is 0 Å². The molecule has 1 N–H and O–H groups in total. The molecule has 5 aliphatic rings. The van der Waals surface area contributed by atoms with Crippen molar-refractivity contribution in [3.63, 3.8) is 0 Å². The van der Waals surface area contributed by atoms with Crippen molar-refractivity contribution in [2.75, 3.05) is 0 Å². The van der Waals surface area contributed by atoms with Gasteiger partial charge in [0.05, 0.1) is 11.1 Å². The van der Waals surface area contributed by atoms with Gasteiger partial charge in [0.25, 0.3) is 5.91 Å². The zero-order valence-electron chi connectivity index (χ0n) is 12.0. The highest BCUT2D eigenvalue weighted by atomic mass is 16.2. The van der Waals surface area contributed by atoms with E-state index in [0.717, 1.165) is 12.8 Å². The maximum Gasteiger partial charge on any atom is 0.252 e. The van der Waals surface area contributed by atoms with Crippen LogP contribution in [0.2, 0.25) is 0 Å². The maximum absolute atomic E-state index is 13.2. The van der Waals surface area contributed by atoms with Gasteiger partial charge < -0.3 is 5.32 Å². The Bertz CT molecular complexity index is 651. The summed E-state index contributed by atoms with van der Waals surface area (Å²) in [4.78, 5) is 25.8. The second-order valence-corrected chi connectivity index (χ2v) is 7.61. The summed E-state index contributed by atoms with van der Waals surface area (Å²) in [6.45, 7) is 0.